The zero-order chi connectivity index (χ0) is 41.7. The SMILES string of the molecule is c1ccc(-c2cc(-c3cc4sc5c6ccccc6ccc5c4c4ccccc34)cc(-c3cccc(-c4cccc(-c5nc(-c6ccccc6)nc(-c6ccccc6)n5)c4)c3)n2)cc1. The predicted octanol–water partition coefficient (Wildman–Crippen LogP) is 15.6. The fourth-order valence-electron chi connectivity index (χ4n) is 8.83. The van der Waals surface area contributed by atoms with Gasteiger partial charge in [0.2, 0.25) is 0 Å². The molecular weight excluding hydrogens is 785 g/mol. The second-order valence-electron chi connectivity index (χ2n) is 15.8. The minimum Gasteiger partial charge on any atom is -0.248 e. The van der Waals surface area contributed by atoms with Gasteiger partial charge in [0, 0.05) is 48.0 Å². The summed E-state index contributed by atoms with van der Waals surface area (Å²) >= 11 is 1.89. The molecule has 0 saturated carbocycles. The molecule has 0 atom stereocenters. The fourth-order valence-corrected chi connectivity index (χ4v) is 10.1. The Balaban J connectivity index is 0.993. The second-order valence-corrected chi connectivity index (χ2v) is 16.9. The van der Waals surface area contributed by atoms with Gasteiger partial charge in [-0.1, -0.05) is 188 Å². The van der Waals surface area contributed by atoms with Crippen molar-refractivity contribution >= 4 is 53.1 Å². The number of rotatable bonds is 7. The largest absolute Gasteiger partial charge is 0.248 e. The van der Waals surface area contributed by atoms with Gasteiger partial charge in [0.05, 0.1) is 11.4 Å². The number of hydrogen-bond acceptors (Lipinski definition) is 5. The third-order valence-corrected chi connectivity index (χ3v) is 13.1. The highest BCUT2D eigenvalue weighted by Crippen LogP contribution is 2.45. The van der Waals surface area contributed by atoms with Crippen molar-refractivity contribution < 1.29 is 0 Å². The first-order valence-electron chi connectivity index (χ1n) is 21.1. The van der Waals surface area contributed by atoms with E-state index in [-0.39, 0.29) is 0 Å². The van der Waals surface area contributed by atoms with Crippen LogP contribution < -0.4 is 0 Å². The van der Waals surface area contributed by atoms with E-state index in [9.17, 15) is 0 Å². The van der Waals surface area contributed by atoms with Crippen LogP contribution in [0.2, 0.25) is 0 Å². The van der Waals surface area contributed by atoms with Gasteiger partial charge in [-0.25, -0.2) is 19.9 Å². The van der Waals surface area contributed by atoms with Gasteiger partial charge in [-0.3, -0.25) is 0 Å². The Bertz CT molecular complexity index is 3620. The molecule has 12 rings (SSSR count). The van der Waals surface area contributed by atoms with Gasteiger partial charge in [-0.05, 0) is 74.1 Å². The molecule has 63 heavy (non-hydrogen) atoms. The van der Waals surface area contributed by atoms with Crippen molar-refractivity contribution in [2.24, 2.45) is 0 Å². The molecular formula is C58H36N4S. The number of hydrogen-bond donors (Lipinski definition) is 0. The molecule has 0 spiro atoms. The number of pyridine rings is 1. The molecule has 12 aromatic rings. The summed E-state index contributed by atoms with van der Waals surface area (Å²) in [4.78, 5) is 20.3. The van der Waals surface area contributed by atoms with Gasteiger partial charge in [-0.15, -0.1) is 11.3 Å². The third-order valence-electron chi connectivity index (χ3n) is 11.9. The van der Waals surface area contributed by atoms with Gasteiger partial charge in [0.25, 0.3) is 0 Å². The van der Waals surface area contributed by atoms with Crippen LogP contribution in [-0.4, -0.2) is 19.9 Å². The minimum atomic E-state index is 0.624. The number of thiophene rings is 1. The Labute approximate surface area is 368 Å². The molecule has 0 aliphatic rings. The van der Waals surface area contributed by atoms with E-state index >= 15 is 0 Å². The second kappa shape index (κ2) is 15.4. The summed E-state index contributed by atoms with van der Waals surface area (Å²) in [7, 11) is 0. The number of nitrogens with zero attached hydrogens (tertiary/aromatic N) is 4. The number of benzene rings is 9. The van der Waals surface area contributed by atoms with Crippen molar-refractivity contribution in [2.45, 2.75) is 0 Å². The molecule has 4 nitrogen and oxygen atoms in total. The van der Waals surface area contributed by atoms with E-state index in [1.807, 2.05) is 72.0 Å². The van der Waals surface area contributed by atoms with Crippen molar-refractivity contribution in [3.05, 3.63) is 218 Å². The summed E-state index contributed by atoms with van der Waals surface area (Å²) < 4.78 is 2.61. The maximum absolute atomic E-state index is 5.36. The van der Waals surface area contributed by atoms with Crippen LogP contribution in [0.1, 0.15) is 0 Å². The molecule has 0 amide bonds. The molecule has 0 unspecified atom stereocenters. The van der Waals surface area contributed by atoms with Crippen LogP contribution >= 0.6 is 11.3 Å². The maximum atomic E-state index is 5.36. The molecule has 294 valence electrons. The van der Waals surface area contributed by atoms with Crippen molar-refractivity contribution in [2.75, 3.05) is 0 Å². The molecule has 0 bridgehead atoms. The van der Waals surface area contributed by atoms with Gasteiger partial charge in [0.15, 0.2) is 17.5 Å². The van der Waals surface area contributed by atoms with Crippen LogP contribution in [0.4, 0.5) is 0 Å². The summed E-state index contributed by atoms with van der Waals surface area (Å²) in [6, 6.07) is 76.9. The van der Waals surface area contributed by atoms with E-state index in [0.717, 1.165) is 55.9 Å². The van der Waals surface area contributed by atoms with E-state index in [2.05, 4.69) is 158 Å². The molecule has 3 aromatic heterocycles. The van der Waals surface area contributed by atoms with Crippen LogP contribution in [0.3, 0.4) is 0 Å². The molecule has 0 aliphatic heterocycles. The van der Waals surface area contributed by atoms with Gasteiger partial charge < -0.3 is 0 Å². The summed E-state index contributed by atoms with van der Waals surface area (Å²) in [6.45, 7) is 0. The lowest BCUT2D eigenvalue weighted by Gasteiger charge is -2.14. The molecule has 5 heteroatoms. The fraction of sp³-hybridized carbons (Fsp3) is 0. The van der Waals surface area contributed by atoms with E-state index in [4.69, 9.17) is 19.9 Å². The van der Waals surface area contributed by atoms with Crippen LogP contribution in [0.5, 0.6) is 0 Å². The number of fused-ring (bicyclic) bond motifs is 7. The van der Waals surface area contributed by atoms with Crippen LogP contribution in [0, 0.1) is 0 Å². The summed E-state index contributed by atoms with van der Waals surface area (Å²) in [6.07, 6.45) is 0. The first kappa shape index (κ1) is 36.7. The highest BCUT2D eigenvalue weighted by atomic mass is 32.1. The lowest BCUT2D eigenvalue weighted by molar-refractivity contribution is 1.07. The molecule has 0 saturated heterocycles. The Kier molecular flexibility index (Phi) is 8.98. The van der Waals surface area contributed by atoms with Gasteiger partial charge in [-0.2, -0.15) is 0 Å². The average Bonchev–Trinajstić information content (AvgIpc) is 3.76. The van der Waals surface area contributed by atoms with Crippen molar-refractivity contribution in [1.29, 1.82) is 0 Å². The minimum absolute atomic E-state index is 0.624. The Morgan fingerprint density at radius 1 is 0.286 bits per heavy atom. The molecule has 3 heterocycles. The van der Waals surface area contributed by atoms with Crippen molar-refractivity contribution in [1.82, 2.24) is 19.9 Å². The predicted molar refractivity (Wildman–Crippen MR) is 264 cm³/mol. The normalized spacial score (nSPS) is 11.5. The van der Waals surface area contributed by atoms with E-state index < -0.39 is 0 Å². The highest BCUT2D eigenvalue weighted by Gasteiger charge is 2.18. The Morgan fingerprint density at radius 3 is 1.44 bits per heavy atom. The van der Waals surface area contributed by atoms with E-state index in [0.29, 0.717) is 17.5 Å². The van der Waals surface area contributed by atoms with Crippen molar-refractivity contribution in [3.8, 4) is 78.9 Å². The van der Waals surface area contributed by atoms with E-state index in [1.54, 1.807) is 0 Å². The maximum Gasteiger partial charge on any atom is 0.164 e. The summed E-state index contributed by atoms with van der Waals surface area (Å²) in [5.41, 5.74) is 11.2. The van der Waals surface area contributed by atoms with Crippen molar-refractivity contribution in [3.63, 3.8) is 0 Å². The summed E-state index contributed by atoms with van der Waals surface area (Å²) in [5.74, 6) is 1.90. The van der Waals surface area contributed by atoms with Crippen LogP contribution in [-0.2, 0) is 0 Å². The molecule has 0 radical (unpaired) electrons. The quantitative estimate of drug-likeness (QED) is 0.161. The Morgan fingerprint density at radius 2 is 0.778 bits per heavy atom. The lowest BCUT2D eigenvalue weighted by atomic mass is 9.92. The third kappa shape index (κ3) is 6.72. The first-order valence-corrected chi connectivity index (χ1v) is 21.9. The molecule has 0 aliphatic carbocycles. The first-order chi connectivity index (χ1) is 31.2. The average molecular weight is 821 g/mol. The highest BCUT2D eigenvalue weighted by molar-refractivity contribution is 7.27. The monoisotopic (exact) mass is 820 g/mol. The van der Waals surface area contributed by atoms with Gasteiger partial charge >= 0.3 is 0 Å². The molecule has 9 aromatic carbocycles. The standard InChI is InChI=1S/C58H36N4S/c1-4-17-38(18-5-1)51-34-45(50-36-53-54(48-29-13-12-28-47(48)50)49-31-30-37-16-10-11-27-46(37)55(49)63-53)35-52(59-51)43-25-14-23-41(32-43)42-24-15-26-44(33-42)58-61-56(39-19-6-2-7-20-39)60-57(62-58)40-21-8-3-9-22-40/h1-36H. The lowest BCUT2D eigenvalue weighted by Crippen LogP contribution is -2.00. The molecule has 0 N–H and O–H groups in total. The number of aromatic nitrogens is 4. The van der Waals surface area contributed by atoms with Crippen LogP contribution in [0.25, 0.3) is 121 Å². The Hall–Kier alpha value is -8.12. The summed E-state index contributed by atoms with van der Waals surface area (Å²) in [5, 5.41) is 7.67. The zero-order valence-corrected chi connectivity index (χ0v) is 34.8. The smallest absolute Gasteiger partial charge is 0.164 e. The molecule has 0 fully saturated rings. The zero-order valence-electron chi connectivity index (χ0n) is 34.0. The topological polar surface area (TPSA) is 51.6 Å². The van der Waals surface area contributed by atoms with E-state index in [1.165, 1.54) is 47.3 Å². The van der Waals surface area contributed by atoms with Gasteiger partial charge in [0.1, 0.15) is 0 Å². The van der Waals surface area contributed by atoms with Crippen LogP contribution in [0.15, 0.2) is 218 Å².